The third-order valence-corrected chi connectivity index (χ3v) is 4.11. The van der Waals surface area contributed by atoms with Crippen molar-refractivity contribution in [1.29, 1.82) is 0 Å². The van der Waals surface area contributed by atoms with Crippen LogP contribution >= 0.6 is 0 Å². The Hall–Kier alpha value is -1.58. The highest BCUT2D eigenvalue weighted by Crippen LogP contribution is 2.49. The molecule has 0 bridgehead atoms. The predicted octanol–water partition coefficient (Wildman–Crippen LogP) is 2.54. The van der Waals surface area contributed by atoms with Crippen molar-refractivity contribution < 1.29 is 14.3 Å². The summed E-state index contributed by atoms with van der Waals surface area (Å²) in [6.45, 7) is 1.78. The van der Waals surface area contributed by atoms with Crippen LogP contribution in [0.2, 0.25) is 0 Å². The van der Waals surface area contributed by atoms with Crippen molar-refractivity contribution in [1.82, 2.24) is 0 Å². The maximum Gasteiger partial charge on any atom is 0.314 e. The Balaban J connectivity index is 1.92. The number of benzene rings is 1. The number of carboxylic acids is 1. The number of carboxylic acid groups (broad SMARTS) is 1. The van der Waals surface area contributed by atoms with E-state index in [1.165, 1.54) is 6.07 Å². The molecule has 1 saturated heterocycles. The van der Waals surface area contributed by atoms with Gasteiger partial charge in [-0.25, -0.2) is 4.39 Å². The molecule has 1 aromatic carbocycles. The quantitative estimate of drug-likeness (QED) is 0.895. The Morgan fingerprint density at radius 2 is 1.94 bits per heavy atom. The van der Waals surface area contributed by atoms with Crippen LogP contribution in [0.15, 0.2) is 18.2 Å². The van der Waals surface area contributed by atoms with E-state index in [1.54, 1.807) is 12.1 Å². The van der Waals surface area contributed by atoms with Crippen LogP contribution in [0.3, 0.4) is 0 Å². The van der Waals surface area contributed by atoms with Crippen LogP contribution in [0, 0.1) is 5.82 Å². The van der Waals surface area contributed by atoms with Gasteiger partial charge < -0.3 is 10.0 Å². The first-order chi connectivity index (χ1) is 8.63. The Kier molecular flexibility index (Phi) is 2.54. The standard InChI is InChI=1S/C14H16FNO2/c15-11-9-10(14(5-6-14)13(17)18)3-4-12(11)16-7-1-2-8-16/h3-4,9H,1-2,5-8H2,(H,17,18). The van der Waals surface area contributed by atoms with E-state index in [0.717, 1.165) is 25.9 Å². The van der Waals surface area contributed by atoms with Crippen molar-refractivity contribution in [3.05, 3.63) is 29.6 Å². The number of halogens is 1. The monoisotopic (exact) mass is 249 g/mol. The Bertz CT molecular complexity index is 491. The maximum atomic E-state index is 14.1. The molecular weight excluding hydrogens is 233 g/mol. The van der Waals surface area contributed by atoms with Crippen molar-refractivity contribution >= 4 is 11.7 Å². The van der Waals surface area contributed by atoms with E-state index in [0.29, 0.717) is 24.1 Å². The second-order valence-electron chi connectivity index (χ2n) is 5.25. The molecule has 1 N–H and O–H groups in total. The summed E-state index contributed by atoms with van der Waals surface area (Å²) in [5.41, 5.74) is 0.401. The first-order valence-electron chi connectivity index (χ1n) is 6.42. The summed E-state index contributed by atoms with van der Waals surface area (Å²) in [6, 6.07) is 4.92. The molecule has 1 aliphatic carbocycles. The first-order valence-corrected chi connectivity index (χ1v) is 6.42. The van der Waals surface area contributed by atoms with E-state index in [4.69, 9.17) is 0 Å². The van der Waals surface area contributed by atoms with Gasteiger partial charge in [0, 0.05) is 13.1 Å². The first kappa shape index (κ1) is 11.5. The average Bonchev–Trinajstić information content (AvgIpc) is 2.99. The third-order valence-electron chi connectivity index (χ3n) is 4.11. The third kappa shape index (κ3) is 1.67. The van der Waals surface area contributed by atoms with E-state index < -0.39 is 11.4 Å². The van der Waals surface area contributed by atoms with Crippen LogP contribution in [0.4, 0.5) is 10.1 Å². The molecule has 1 heterocycles. The van der Waals surface area contributed by atoms with Gasteiger partial charge in [-0.2, -0.15) is 0 Å². The topological polar surface area (TPSA) is 40.5 Å². The molecule has 0 atom stereocenters. The number of anilines is 1. The van der Waals surface area contributed by atoms with Gasteiger partial charge in [0.1, 0.15) is 5.82 Å². The van der Waals surface area contributed by atoms with Gasteiger partial charge in [-0.15, -0.1) is 0 Å². The molecule has 4 heteroatoms. The van der Waals surface area contributed by atoms with Crippen molar-refractivity contribution in [3.63, 3.8) is 0 Å². The molecule has 3 nitrogen and oxygen atoms in total. The van der Waals surface area contributed by atoms with E-state index in [1.807, 2.05) is 4.90 Å². The molecule has 1 aromatic rings. The van der Waals surface area contributed by atoms with Gasteiger partial charge in [0.25, 0.3) is 0 Å². The molecule has 0 aromatic heterocycles. The summed E-state index contributed by atoms with van der Waals surface area (Å²) in [4.78, 5) is 13.2. The molecular formula is C14H16FNO2. The summed E-state index contributed by atoms with van der Waals surface area (Å²) in [5.74, 6) is -1.13. The second kappa shape index (κ2) is 3.97. The molecule has 96 valence electrons. The van der Waals surface area contributed by atoms with Crippen molar-refractivity contribution in [2.45, 2.75) is 31.1 Å². The lowest BCUT2D eigenvalue weighted by Gasteiger charge is -2.20. The highest BCUT2D eigenvalue weighted by Gasteiger charge is 2.51. The zero-order valence-electron chi connectivity index (χ0n) is 10.2. The summed E-state index contributed by atoms with van der Waals surface area (Å²) in [5, 5.41) is 9.20. The van der Waals surface area contributed by atoms with Crippen LogP contribution in [0.5, 0.6) is 0 Å². The molecule has 0 unspecified atom stereocenters. The van der Waals surface area contributed by atoms with E-state index >= 15 is 0 Å². The molecule has 3 rings (SSSR count). The number of nitrogens with zero attached hydrogens (tertiary/aromatic N) is 1. The Labute approximate surface area is 105 Å². The van der Waals surface area contributed by atoms with Gasteiger partial charge in [-0.1, -0.05) is 6.07 Å². The molecule has 2 fully saturated rings. The summed E-state index contributed by atoms with van der Waals surface area (Å²) >= 11 is 0. The molecule has 2 aliphatic rings. The largest absolute Gasteiger partial charge is 0.481 e. The van der Waals surface area contributed by atoms with Crippen LogP contribution in [-0.4, -0.2) is 24.2 Å². The molecule has 0 radical (unpaired) electrons. The molecule has 1 saturated carbocycles. The van der Waals surface area contributed by atoms with Gasteiger partial charge in [-0.3, -0.25) is 4.79 Å². The smallest absolute Gasteiger partial charge is 0.314 e. The minimum atomic E-state index is -0.837. The minimum Gasteiger partial charge on any atom is -0.481 e. The van der Waals surface area contributed by atoms with Crippen molar-refractivity contribution in [2.24, 2.45) is 0 Å². The van der Waals surface area contributed by atoms with Crippen molar-refractivity contribution in [3.8, 4) is 0 Å². The van der Waals surface area contributed by atoms with E-state index in [-0.39, 0.29) is 5.82 Å². The number of carbonyl (C=O) groups is 1. The second-order valence-corrected chi connectivity index (χ2v) is 5.25. The number of hydrogen-bond acceptors (Lipinski definition) is 2. The normalized spacial score (nSPS) is 21.1. The predicted molar refractivity (Wildman–Crippen MR) is 66.4 cm³/mol. The van der Waals surface area contributed by atoms with Crippen LogP contribution in [0.25, 0.3) is 0 Å². The van der Waals surface area contributed by atoms with Gasteiger partial charge in [-0.05, 0) is 43.4 Å². The SMILES string of the molecule is O=C(O)C1(c2ccc(N3CCCC3)c(F)c2)CC1. The minimum absolute atomic E-state index is 0.290. The van der Waals surface area contributed by atoms with E-state index in [9.17, 15) is 14.3 Å². The molecule has 18 heavy (non-hydrogen) atoms. The highest BCUT2D eigenvalue weighted by molar-refractivity contribution is 5.85. The fourth-order valence-electron chi connectivity index (χ4n) is 2.77. The lowest BCUT2D eigenvalue weighted by molar-refractivity contribution is -0.140. The molecule has 0 spiro atoms. The van der Waals surface area contributed by atoms with Crippen LogP contribution in [0.1, 0.15) is 31.2 Å². The number of aliphatic carboxylic acids is 1. The molecule has 1 aliphatic heterocycles. The zero-order chi connectivity index (χ0) is 12.8. The zero-order valence-corrected chi connectivity index (χ0v) is 10.2. The van der Waals surface area contributed by atoms with E-state index in [2.05, 4.69) is 0 Å². The van der Waals surface area contributed by atoms with Gasteiger partial charge in [0.05, 0.1) is 11.1 Å². The average molecular weight is 249 g/mol. The van der Waals surface area contributed by atoms with Crippen LogP contribution < -0.4 is 4.90 Å². The lowest BCUT2D eigenvalue weighted by Crippen LogP contribution is -2.22. The van der Waals surface area contributed by atoms with Gasteiger partial charge in [0.2, 0.25) is 0 Å². The fourth-order valence-corrected chi connectivity index (χ4v) is 2.77. The lowest BCUT2D eigenvalue weighted by atomic mass is 9.95. The van der Waals surface area contributed by atoms with Gasteiger partial charge >= 0.3 is 5.97 Å². The highest BCUT2D eigenvalue weighted by atomic mass is 19.1. The summed E-state index contributed by atoms with van der Waals surface area (Å²) < 4.78 is 14.1. The fraction of sp³-hybridized carbons (Fsp3) is 0.500. The number of rotatable bonds is 3. The number of hydrogen-bond donors (Lipinski definition) is 1. The van der Waals surface area contributed by atoms with Crippen LogP contribution in [-0.2, 0) is 10.2 Å². The Morgan fingerprint density at radius 1 is 1.28 bits per heavy atom. The van der Waals surface area contributed by atoms with Crippen molar-refractivity contribution in [2.75, 3.05) is 18.0 Å². The molecule has 0 amide bonds. The summed E-state index contributed by atoms with van der Waals surface area (Å²) in [7, 11) is 0. The maximum absolute atomic E-state index is 14.1. The summed E-state index contributed by atoms with van der Waals surface area (Å²) in [6.07, 6.45) is 3.43. The van der Waals surface area contributed by atoms with Gasteiger partial charge in [0.15, 0.2) is 0 Å². The Morgan fingerprint density at radius 3 is 2.44 bits per heavy atom.